The second kappa shape index (κ2) is 6.96. The van der Waals surface area contributed by atoms with Gasteiger partial charge in [0.2, 0.25) is 0 Å². The molecule has 1 aromatic heterocycles. The zero-order chi connectivity index (χ0) is 14.6. The van der Waals surface area contributed by atoms with Gasteiger partial charge in [0.15, 0.2) is 0 Å². The normalized spacial score (nSPS) is 23.4. The van der Waals surface area contributed by atoms with Gasteiger partial charge >= 0.3 is 0 Å². The minimum atomic E-state index is 0.196. The molecule has 2 atom stereocenters. The summed E-state index contributed by atoms with van der Waals surface area (Å²) in [6, 6.07) is 0. The molecule has 5 heteroatoms. The molecule has 0 radical (unpaired) electrons. The maximum absolute atomic E-state index is 5.74. The first kappa shape index (κ1) is 15.9. The van der Waals surface area contributed by atoms with Crippen molar-refractivity contribution in [3.8, 4) is 0 Å². The van der Waals surface area contributed by atoms with Gasteiger partial charge in [-0.3, -0.25) is 0 Å². The van der Waals surface area contributed by atoms with E-state index in [-0.39, 0.29) is 5.54 Å². The van der Waals surface area contributed by atoms with Gasteiger partial charge in [0.25, 0.3) is 0 Å². The molecule has 2 heterocycles. The molecule has 1 aromatic rings. The van der Waals surface area contributed by atoms with E-state index in [9.17, 15) is 0 Å². The van der Waals surface area contributed by atoms with Crippen LogP contribution in [0.15, 0.2) is 0 Å². The standard InChI is InChI=1S/C15H27N3OS/c1-5-12-11(8-10-19-12)14-18-17-13(20-14)7-6-9-16-15(2,3)4/h11-12,16H,5-10H2,1-4H3. The molecule has 0 saturated carbocycles. The number of aromatic nitrogens is 2. The molecule has 2 unspecified atom stereocenters. The van der Waals surface area contributed by atoms with Crippen LogP contribution in [-0.4, -0.2) is 35.0 Å². The summed E-state index contributed by atoms with van der Waals surface area (Å²) in [5.41, 5.74) is 0.196. The molecule has 20 heavy (non-hydrogen) atoms. The Morgan fingerprint density at radius 1 is 1.35 bits per heavy atom. The van der Waals surface area contributed by atoms with Gasteiger partial charge in [-0.15, -0.1) is 21.5 Å². The molecule has 0 aromatic carbocycles. The van der Waals surface area contributed by atoms with E-state index in [0.29, 0.717) is 12.0 Å². The molecule has 1 aliphatic heterocycles. The van der Waals surface area contributed by atoms with Crippen molar-refractivity contribution in [2.45, 2.75) is 70.9 Å². The number of hydrogen-bond acceptors (Lipinski definition) is 5. The minimum Gasteiger partial charge on any atom is -0.377 e. The average Bonchev–Trinajstić information content (AvgIpc) is 3.01. The third kappa shape index (κ3) is 4.50. The van der Waals surface area contributed by atoms with Crippen molar-refractivity contribution in [2.24, 2.45) is 0 Å². The van der Waals surface area contributed by atoms with Crippen LogP contribution in [0.1, 0.15) is 62.9 Å². The smallest absolute Gasteiger partial charge is 0.123 e. The van der Waals surface area contributed by atoms with Crippen molar-refractivity contribution in [1.82, 2.24) is 15.5 Å². The molecule has 1 N–H and O–H groups in total. The summed E-state index contributed by atoms with van der Waals surface area (Å²) in [5.74, 6) is 0.471. The lowest BCUT2D eigenvalue weighted by Crippen LogP contribution is -2.36. The molecule has 0 amide bonds. The van der Waals surface area contributed by atoms with E-state index in [1.54, 1.807) is 11.3 Å². The molecule has 0 bridgehead atoms. The second-order valence-corrected chi connectivity index (χ2v) is 7.62. The monoisotopic (exact) mass is 297 g/mol. The van der Waals surface area contributed by atoms with E-state index >= 15 is 0 Å². The highest BCUT2D eigenvalue weighted by molar-refractivity contribution is 7.11. The number of hydrogen-bond donors (Lipinski definition) is 1. The Morgan fingerprint density at radius 3 is 2.85 bits per heavy atom. The van der Waals surface area contributed by atoms with E-state index in [1.807, 2.05) is 0 Å². The van der Waals surface area contributed by atoms with Gasteiger partial charge in [-0.25, -0.2) is 0 Å². The van der Waals surface area contributed by atoms with Gasteiger partial charge in [0.1, 0.15) is 10.0 Å². The number of rotatable bonds is 6. The molecule has 0 spiro atoms. The first-order valence-corrected chi connectivity index (χ1v) is 8.50. The summed E-state index contributed by atoms with van der Waals surface area (Å²) < 4.78 is 5.74. The molecule has 114 valence electrons. The first-order valence-electron chi connectivity index (χ1n) is 7.68. The largest absolute Gasteiger partial charge is 0.377 e. The number of aryl methyl sites for hydroxylation is 1. The molecule has 1 aliphatic rings. The van der Waals surface area contributed by atoms with E-state index in [0.717, 1.165) is 43.8 Å². The van der Waals surface area contributed by atoms with E-state index in [4.69, 9.17) is 4.74 Å². The fraction of sp³-hybridized carbons (Fsp3) is 0.867. The maximum Gasteiger partial charge on any atom is 0.123 e. The lowest BCUT2D eigenvalue weighted by molar-refractivity contribution is 0.100. The Labute approximate surface area is 126 Å². The number of nitrogens with zero attached hydrogens (tertiary/aromatic N) is 2. The lowest BCUT2D eigenvalue weighted by atomic mass is 10.0. The molecule has 4 nitrogen and oxygen atoms in total. The topological polar surface area (TPSA) is 47.0 Å². The Bertz CT molecular complexity index is 413. The van der Waals surface area contributed by atoms with Crippen LogP contribution >= 0.6 is 11.3 Å². The molecule has 2 rings (SSSR count). The van der Waals surface area contributed by atoms with Gasteiger partial charge in [-0.05, 0) is 46.6 Å². The third-order valence-corrected chi connectivity index (χ3v) is 4.75. The Morgan fingerprint density at radius 2 is 2.15 bits per heavy atom. The van der Waals surface area contributed by atoms with Crippen LogP contribution in [0.5, 0.6) is 0 Å². The summed E-state index contributed by atoms with van der Waals surface area (Å²) in [6.07, 6.45) is 4.64. The highest BCUT2D eigenvalue weighted by Gasteiger charge is 2.30. The SMILES string of the molecule is CCC1OCCC1c1nnc(CCCNC(C)(C)C)s1. The molecular formula is C15H27N3OS. The average molecular weight is 297 g/mol. The quantitative estimate of drug-likeness (QED) is 0.819. The van der Waals surface area contributed by atoms with E-state index in [2.05, 4.69) is 43.2 Å². The van der Waals surface area contributed by atoms with Crippen LogP contribution in [0.25, 0.3) is 0 Å². The predicted octanol–water partition coefficient (Wildman–Crippen LogP) is 3.14. The molecule has 1 saturated heterocycles. The summed E-state index contributed by atoms with van der Waals surface area (Å²) in [4.78, 5) is 0. The summed E-state index contributed by atoms with van der Waals surface area (Å²) >= 11 is 1.78. The fourth-order valence-corrected chi connectivity index (χ4v) is 3.63. The van der Waals surface area contributed by atoms with Crippen LogP contribution < -0.4 is 5.32 Å². The summed E-state index contributed by atoms with van der Waals surface area (Å²) in [5, 5.41) is 14.6. The highest BCUT2D eigenvalue weighted by Crippen LogP contribution is 2.34. The Hall–Kier alpha value is -0.520. The molecule has 1 fully saturated rings. The summed E-state index contributed by atoms with van der Waals surface area (Å²) in [7, 11) is 0. The van der Waals surface area contributed by atoms with Crippen molar-refractivity contribution < 1.29 is 4.74 Å². The van der Waals surface area contributed by atoms with Crippen molar-refractivity contribution >= 4 is 11.3 Å². The highest BCUT2D eigenvalue weighted by atomic mass is 32.1. The molecular weight excluding hydrogens is 270 g/mol. The van der Waals surface area contributed by atoms with Crippen LogP contribution in [0.2, 0.25) is 0 Å². The van der Waals surface area contributed by atoms with Crippen LogP contribution in [0.4, 0.5) is 0 Å². The van der Waals surface area contributed by atoms with Crippen LogP contribution in [0, 0.1) is 0 Å². The Balaban J connectivity index is 1.80. The van der Waals surface area contributed by atoms with Gasteiger partial charge in [0.05, 0.1) is 6.10 Å². The van der Waals surface area contributed by atoms with Crippen LogP contribution in [-0.2, 0) is 11.2 Å². The number of ether oxygens (including phenoxy) is 1. The summed E-state index contributed by atoms with van der Waals surface area (Å²) in [6.45, 7) is 10.7. The predicted molar refractivity (Wildman–Crippen MR) is 83.4 cm³/mol. The van der Waals surface area contributed by atoms with E-state index in [1.165, 1.54) is 5.01 Å². The van der Waals surface area contributed by atoms with Crippen molar-refractivity contribution in [3.05, 3.63) is 10.0 Å². The van der Waals surface area contributed by atoms with Gasteiger partial charge < -0.3 is 10.1 Å². The zero-order valence-corrected chi connectivity index (χ0v) is 13.9. The van der Waals surface area contributed by atoms with Crippen molar-refractivity contribution in [1.29, 1.82) is 0 Å². The van der Waals surface area contributed by atoms with Gasteiger partial charge in [-0.2, -0.15) is 0 Å². The van der Waals surface area contributed by atoms with E-state index < -0.39 is 0 Å². The fourth-order valence-electron chi connectivity index (χ4n) is 2.55. The minimum absolute atomic E-state index is 0.196. The van der Waals surface area contributed by atoms with Gasteiger partial charge in [0, 0.05) is 24.5 Å². The maximum atomic E-state index is 5.74. The second-order valence-electron chi connectivity index (χ2n) is 6.53. The van der Waals surface area contributed by atoms with Crippen molar-refractivity contribution in [3.63, 3.8) is 0 Å². The Kier molecular flexibility index (Phi) is 5.52. The van der Waals surface area contributed by atoms with Crippen molar-refractivity contribution in [2.75, 3.05) is 13.2 Å². The molecule has 0 aliphatic carbocycles. The zero-order valence-electron chi connectivity index (χ0n) is 13.1. The number of nitrogens with one attached hydrogen (secondary N) is 1. The lowest BCUT2D eigenvalue weighted by Gasteiger charge is -2.20. The first-order chi connectivity index (χ1) is 9.49. The van der Waals surface area contributed by atoms with Gasteiger partial charge in [-0.1, -0.05) is 6.92 Å². The van der Waals surface area contributed by atoms with Crippen LogP contribution in [0.3, 0.4) is 0 Å². The third-order valence-electron chi connectivity index (χ3n) is 3.63.